The second-order valence-electron chi connectivity index (χ2n) is 9.35. The molecule has 1 saturated carbocycles. The van der Waals surface area contributed by atoms with Gasteiger partial charge in [-0.1, -0.05) is 0 Å². The van der Waals surface area contributed by atoms with Crippen LogP contribution in [0.1, 0.15) is 24.1 Å². The Balaban J connectivity index is 1.16. The van der Waals surface area contributed by atoms with Gasteiger partial charge in [-0.25, -0.2) is 14.6 Å². The van der Waals surface area contributed by atoms with Gasteiger partial charge >= 0.3 is 6.18 Å². The van der Waals surface area contributed by atoms with Crippen molar-refractivity contribution in [3.63, 3.8) is 0 Å². The van der Waals surface area contributed by atoms with Crippen LogP contribution in [0.5, 0.6) is 0 Å². The van der Waals surface area contributed by atoms with Crippen LogP contribution in [0.15, 0.2) is 36.7 Å². The van der Waals surface area contributed by atoms with Crippen LogP contribution in [0.3, 0.4) is 0 Å². The van der Waals surface area contributed by atoms with Crippen molar-refractivity contribution in [1.29, 1.82) is 0 Å². The maximum atomic E-state index is 12.9. The molecule has 1 aromatic carbocycles. The summed E-state index contributed by atoms with van der Waals surface area (Å²) in [6, 6.07) is 7.53. The average molecular weight is 471 g/mol. The van der Waals surface area contributed by atoms with Crippen molar-refractivity contribution in [1.82, 2.24) is 24.7 Å². The molecule has 11 heteroatoms. The summed E-state index contributed by atoms with van der Waals surface area (Å²) < 4.78 is 40.6. The van der Waals surface area contributed by atoms with Crippen LogP contribution in [0.2, 0.25) is 0 Å². The van der Waals surface area contributed by atoms with Crippen molar-refractivity contribution >= 4 is 23.4 Å². The molecule has 178 valence electrons. The molecule has 2 fully saturated rings. The molecule has 2 bridgehead atoms. The lowest BCUT2D eigenvalue weighted by molar-refractivity contribution is -0.137. The third kappa shape index (κ3) is 3.72. The van der Waals surface area contributed by atoms with Crippen LogP contribution >= 0.6 is 0 Å². The molecule has 0 radical (unpaired) electrons. The molecule has 4 heterocycles. The van der Waals surface area contributed by atoms with Crippen molar-refractivity contribution in [2.75, 3.05) is 34.8 Å². The fraction of sp³-hybridized carbons (Fsp3) is 0.478. The van der Waals surface area contributed by atoms with Gasteiger partial charge in [0.2, 0.25) is 11.9 Å². The Morgan fingerprint density at radius 1 is 1.00 bits per heavy atom. The highest BCUT2D eigenvalue weighted by molar-refractivity contribution is 5.60. The van der Waals surface area contributed by atoms with E-state index >= 15 is 0 Å². The van der Waals surface area contributed by atoms with E-state index < -0.39 is 11.7 Å². The van der Waals surface area contributed by atoms with Crippen LogP contribution < -0.4 is 15.1 Å². The van der Waals surface area contributed by atoms with Gasteiger partial charge in [0.15, 0.2) is 0 Å². The second-order valence-corrected chi connectivity index (χ2v) is 9.35. The zero-order valence-corrected chi connectivity index (χ0v) is 18.7. The van der Waals surface area contributed by atoms with Crippen molar-refractivity contribution in [2.45, 2.75) is 38.5 Å². The topological polar surface area (TPSA) is 75.0 Å². The number of anilines is 4. The van der Waals surface area contributed by atoms with Crippen LogP contribution in [0.4, 0.5) is 36.6 Å². The van der Waals surface area contributed by atoms with E-state index in [-0.39, 0.29) is 0 Å². The van der Waals surface area contributed by atoms with E-state index in [9.17, 15) is 13.2 Å². The Morgan fingerprint density at radius 2 is 1.74 bits per heavy atom. The molecule has 1 saturated heterocycles. The summed E-state index contributed by atoms with van der Waals surface area (Å²) in [7, 11) is 0. The molecule has 3 atom stereocenters. The fourth-order valence-corrected chi connectivity index (χ4v) is 5.52. The highest BCUT2D eigenvalue weighted by atomic mass is 19.4. The number of rotatable bonds is 4. The summed E-state index contributed by atoms with van der Waals surface area (Å²) in [6.07, 6.45) is -0.431. The Bertz CT molecular complexity index is 1180. The van der Waals surface area contributed by atoms with Gasteiger partial charge in [0.1, 0.15) is 12.1 Å². The van der Waals surface area contributed by atoms with E-state index in [1.54, 1.807) is 6.33 Å². The van der Waals surface area contributed by atoms with Gasteiger partial charge in [-0.15, -0.1) is 5.10 Å². The lowest BCUT2D eigenvalue weighted by atomic mass is 9.92. The molecular weight excluding hydrogens is 445 g/mol. The first kappa shape index (κ1) is 21.2. The van der Waals surface area contributed by atoms with Crippen molar-refractivity contribution in [3.8, 4) is 0 Å². The Hall–Kier alpha value is -3.37. The molecular formula is C23H25F3N8. The van der Waals surface area contributed by atoms with Crippen molar-refractivity contribution < 1.29 is 13.2 Å². The molecule has 34 heavy (non-hydrogen) atoms. The molecule has 0 amide bonds. The highest BCUT2D eigenvalue weighted by Crippen LogP contribution is 2.40. The van der Waals surface area contributed by atoms with Crippen LogP contribution in [0.25, 0.3) is 0 Å². The van der Waals surface area contributed by atoms with E-state index in [0.717, 1.165) is 49.6 Å². The predicted molar refractivity (Wildman–Crippen MR) is 121 cm³/mol. The molecule has 2 aliphatic heterocycles. The normalized spacial score (nSPS) is 23.9. The number of benzene rings is 1. The van der Waals surface area contributed by atoms with Crippen LogP contribution in [-0.4, -0.2) is 50.4 Å². The molecule has 2 aromatic heterocycles. The third-order valence-electron chi connectivity index (χ3n) is 7.18. The third-order valence-corrected chi connectivity index (χ3v) is 7.18. The first-order valence-corrected chi connectivity index (χ1v) is 11.5. The summed E-state index contributed by atoms with van der Waals surface area (Å²) in [5.41, 5.74) is 0.990. The second kappa shape index (κ2) is 7.85. The predicted octanol–water partition coefficient (Wildman–Crippen LogP) is 3.87. The zero-order chi connectivity index (χ0) is 23.4. The number of fused-ring (bicyclic) bond motifs is 3. The number of aromatic nitrogens is 5. The Kier molecular flexibility index (Phi) is 4.89. The van der Waals surface area contributed by atoms with Crippen molar-refractivity contribution in [2.24, 2.45) is 11.8 Å². The Morgan fingerprint density at radius 3 is 2.41 bits per heavy atom. The maximum Gasteiger partial charge on any atom is 0.416 e. The molecule has 2 unspecified atom stereocenters. The van der Waals surface area contributed by atoms with E-state index in [4.69, 9.17) is 4.98 Å². The SMILES string of the molecule is Cc1cc(N2CC3CC[C@@H](C2)C3Nc2nc3n(n2)CCN3c2ccc(C(F)(F)F)cc2)ncn1. The summed E-state index contributed by atoms with van der Waals surface area (Å²) in [5.74, 6) is 3.16. The number of piperidine rings is 1. The van der Waals surface area contributed by atoms with Gasteiger partial charge < -0.3 is 15.1 Å². The summed E-state index contributed by atoms with van der Waals surface area (Å²) in [5, 5.41) is 8.22. The van der Waals surface area contributed by atoms with E-state index in [2.05, 4.69) is 25.3 Å². The fourth-order valence-electron chi connectivity index (χ4n) is 5.52. The van der Waals surface area contributed by atoms with Gasteiger partial charge in [-0.3, -0.25) is 0 Å². The minimum absolute atomic E-state index is 0.293. The van der Waals surface area contributed by atoms with Gasteiger partial charge in [-0.2, -0.15) is 18.2 Å². The van der Waals surface area contributed by atoms with E-state index in [1.807, 2.05) is 22.6 Å². The molecule has 3 aliphatic rings. The van der Waals surface area contributed by atoms with Gasteiger partial charge in [0.25, 0.3) is 0 Å². The van der Waals surface area contributed by atoms with Gasteiger partial charge in [-0.05, 0) is 55.9 Å². The zero-order valence-electron chi connectivity index (χ0n) is 18.7. The van der Waals surface area contributed by atoms with Crippen LogP contribution in [0, 0.1) is 18.8 Å². The molecule has 1 N–H and O–H groups in total. The summed E-state index contributed by atoms with van der Waals surface area (Å²) in [6.45, 7) is 5.10. The Labute approximate surface area is 194 Å². The first-order chi connectivity index (χ1) is 16.3. The number of hydrogen-bond donors (Lipinski definition) is 1. The largest absolute Gasteiger partial charge is 0.416 e. The van der Waals surface area contributed by atoms with E-state index in [1.165, 1.54) is 12.1 Å². The lowest BCUT2D eigenvalue weighted by Gasteiger charge is -2.38. The number of nitrogens with zero attached hydrogens (tertiary/aromatic N) is 7. The smallest absolute Gasteiger partial charge is 0.356 e. The lowest BCUT2D eigenvalue weighted by Crippen LogP contribution is -2.48. The molecule has 0 spiro atoms. The average Bonchev–Trinajstić information content (AvgIpc) is 3.44. The molecule has 3 aromatic rings. The van der Waals surface area contributed by atoms with E-state index in [0.29, 0.717) is 48.6 Å². The van der Waals surface area contributed by atoms with Gasteiger partial charge in [0.05, 0.1) is 12.1 Å². The number of halogens is 3. The number of nitrogens with one attached hydrogen (secondary N) is 1. The molecule has 8 nitrogen and oxygen atoms in total. The summed E-state index contributed by atoms with van der Waals surface area (Å²) in [4.78, 5) is 17.6. The van der Waals surface area contributed by atoms with Crippen LogP contribution in [-0.2, 0) is 12.7 Å². The minimum atomic E-state index is -4.35. The number of hydrogen-bond acceptors (Lipinski definition) is 7. The number of aryl methyl sites for hydroxylation is 1. The number of alkyl halides is 3. The molecule has 6 rings (SSSR count). The standard InChI is InChI=1S/C23H25F3N8/c1-14-10-19(28-13-27-14)32-11-15-2-3-16(12-32)20(15)29-21-30-22-33(8-9-34(22)31-21)18-6-4-17(5-7-18)23(24,25)26/h4-7,10,13,15-16,20H,2-3,8-9,11-12H2,1H3,(H,29,31)/t15-,16?,20?/m0/s1. The maximum absolute atomic E-state index is 12.9. The van der Waals surface area contributed by atoms with Gasteiger partial charge in [0, 0.05) is 43.1 Å². The molecule has 1 aliphatic carbocycles. The highest BCUT2D eigenvalue weighted by Gasteiger charge is 2.43. The summed E-state index contributed by atoms with van der Waals surface area (Å²) >= 11 is 0. The monoisotopic (exact) mass is 470 g/mol. The minimum Gasteiger partial charge on any atom is -0.356 e. The first-order valence-electron chi connectivity index (χ1n) is 11.5. The quantitative estimate of drug-likeness (QED) is 0.620. The van der Waals surface area contributed by atoms with Crippen molar-refractivity contribution in [3.05, 3.63) is 47.9 Å².